The molecule has 0 aliphatic rings. The van der Waals surface area contributed by atoms with E-state index in [0.29, 0.717) is 24.9 Å². The Hall–Kier alpha value is -1.86. The Labute approximate surface area is 108 Å². The van der Waals surface area contributed by atoms with Crippen LogP contribution in [0, 0.1) is 11.3 Å². The Kier molecular flexibility index (Phi) is 4.87. The van der Waals surface area contributed by atoms with Crippen LogP contribution in [0.25, 0.3) is 0 Å². The number of nitrogens with two attached hydrogens (primary N) is 1. The Bertz CT molecular complexity index is 441. The molecule has 18 heavy (non-hydrogen) atoms. The lowest BCUT2D eigenvalue weighted by Gasteiger charge is -2.25. The lowest BCUT2D eigenvalue weighted by atomic mass is 9.93. The van der Waals surface area contributed by atoms with E-state index >= 15 is 0 Å². The van der Waals surface area contributed by atoms with E-state index in [1.54, 1.807) is 12.1 Å². The zero-order valence-corrected chi connectivity index (χ0v) is 10.9. The summed E-state index contributed by atoms with van der Waals surface area (Å²) in [6.07, 6.45) is 1.23. The molecule has 0 aliphatic heterocycles. The number of carbonyl (C=O) groups excluding carboxylic acids is 1. The Morgan fingerprint density at radius 1 is 1.33 bits per heavy atom. The van der Waals surface area contributed by atoms with Gasteiger partial charge in [0.1, 0.15) is 0 Å². The van der Waals surface area contributed by atoms with Gasteiger partial charge in [-0.2, -0.15) is 5.26 Å². The number of rotatable bonds is 5. The molecule has 0 radical (unpaired) electrons. The summed E-state index contributed by atoms with van der Waals surface area (Å²) < 4.78 is 0. The van der Waals surface area contributed by atoms with Gasteiger partial charge in [0.15, 0.2) is 0 Å². The van der Waals surface area contributed by atoms with Gasteiger partial charge in [0.2, 0.25) is 5.91 Å². The van der Waals surface area contributed by atoms with Crippen LogP contribution in [-0.2, 0) is 11.3 Å². The first kappa shape index (κ1) is 14.2. The topological polar surface area (TPSA) is 78.9 Å². The van der Waals surface area contributed by atoms with E-state index in [-0.39, 0.29) is 5.91 Å². The average molecular weight is 245 g/mol. The molecule has 1 rings (SSSR count). The van der Waals surface area contributed by atoms with Gasteiger partial charge in [-0.05, 0) is 30.5 Å². The maximum atomic E-state index is 11.9. The fraction of sp³-hybridized carbons (Fsp3) is 0.429. The van der Waals surface area contributed by atoms with Crippen LogP contribution in [0.15, 0.2) is 24.3 Å². The predicted octanol–water partition coefficient (Wildman–Crippen LogP) is 1.69. The minimum Gasteiger partial charge on any atom is -0.350 e. The van der Waals surface area contributed by atoms with Crippen molar-refractivity contribution in [2.75, 3.05) is 0 Å². The number of nitriles is 1. The third kappa shape index (κ3) is 3.31. The van der Waals surface area contributed by atoms with Gasteiger partial charge >= 0.3 is 0 Å². The molecule has 1 amide bonds. The van der Waals surface area contributed by atoms with Crippen LogP contribution in [0.5, 0.6) is 0 Å². The molecule has 4 heteroatoms. The summed E-state index contributed by atoms with van der Waals surface area (Å²) in [6.45, 7) is 4.25. The van der Waals surface area contributed by atoms with Crippen molar-refractivity contribution >= 4 is 5.91 Å². The van der Waals surface area contributed by atoms with E-state index in [1.165, 1.54) is 0 Å². The second-order valence-electron chi connectivity index (χ2n) is 4.35. The van der Waals surface area contributed by atoms with Crippen molar-refractivity contribution in [2.45, 2.75) is 38.8 Å². The number of benzene rings is 1. The van der Waals surface area contributed by atoms with Crippen molar-refractivity contribution in [3.63, 3.8) is 0 Å². The molecule has 1 aromatic rings. The summed E-state index contributed by atoms with van der Waals surface area (Å²) in [5.74, 6) is -0.128. The van der Waals surface area contributed by atoms with Crippen LogP contribution < -0.4 is 11.1 Å². The second-order valence-corrected chi connectivity index (χ2v) is 4.35. The Balaban J connectivity index is 2.60. The molecular formula is C14H19N3O. The summed E-state index contributed by atoms with van der Waals surface area (Å²) in [5, 5.41) is 11.5. The van der Waals surface area contributed by atoms with Crippen molar-refractivity contribution < 1.29 is 4.79 Å². The zero-order valence-electron chi connectivity index (χ0n) is 10.9. The maximum Gasteiger partial charge on any atom is 0.240 e. The fourth-order valence-electron chi connectivity index (χ4n) is 1.63. The Morgan fingerprint density at radius 2 is 1.89 bits per heavy atom. The van der Waals surface area contributed by atoms with Crippen molar-refractivity contribution in [3.05, 3.63) is 35.4 Å². The molecule has 96 valence electrons. The standard InChI is InChI=1S/C14H19N3O/c1-3-14(16,4-2)13(18)17-10-12-7-5-11(9-15)6-8-12/h5-8H,3-4,10,16H2,1-2H3,(H,17,18). The number of nitrogens with one attached hydrogen (secondary N) is 1. The van der Waals surface area contributed by atoms with E-state index in [0.717, 1.165) is 5.56 Å². The molecule has 0 saturated carbocycles. The van der Waals surface area contributed by atoms with Gasteiger partial charge in [-0.3, -0.25) is 4.79 Å². The third-order valence-electron chi connectivity index (χ3n) is 3.25. The maximum absolute atomic E-state index is 11.9. The van der Waals surface area contributed by atoms with Gasteiger partial charge < -0.3 is 11.1 Å². The van der Waals surface area contributed by atoms with Gasteiger partial charge in [0.25, 0.3) is 0 Å². The number of carbonyl (C=O) groups is 1. The third-order valence-corrected chi connectivity index (χ3v) is 3.25. The molecule has 0 aliphatic carbocycles. The normalized spacial score (nSPS) is 10.8. The highest BCUT2D eigenvalue weighted by atomic mass is 16.2. The molecule has 0 unspecified atom stereocenters. The minimum absolute atomic E-state index is 0.128. The van der Waals surface area contributed by atoms with Crippen LogP contribution in [0.1, 0.15) is 37.8 Å². The quantitative estimate of drug-likeness (QED) is 0.828. The van der Waals surface area contributed by atoms with Crippen LogP contribution in [-0.4, -0.2) is 11.4 Å². The highest BCUT2D eigenvalue weighted by Gasteiger charge is 2.29. The molecular weight excluding hydrogens is 226 g/mol. The van der Waals surface area contributed by atoms with Crippen LogP contribution in [0.4, 0.5) is 0 Å². The molecule has 0 bridgehead atoms. The molecule has 0 atom stereocenters. The van der Waals surface area contributed by atoms with Crippen molar-refractivity contribution in [1.29, 1.82) is 5.26 Å². The van der Waals surface area contributed by atoms with E-state index in [9.17, 15) is 4.79 Å². The first-order valence-electron chi connectivity index (χ1n) is 6.12. The van der Waals surface area contributed by atoms with Crippen LogP contribution in [0.2, 0.25) is 0 Å². The van der Waals surface area contributed by atoms with Gasteiger partial charge in [-0.1, -0.05) is 26.0 Å². The van der Waals surface area contributed by atoms with Crippen LogP contribution >= 0.6 is 0 Å². The summed E-state index contributed by atoms with van der Waals surface area (Å²) in [5.41, 5.74) is 6.78. The first-order valence-corrected chi connectivity index (χ1v) is 6.12. The molecule has 0 heterocycles. The molecule has 3 N–H and O–H groups in total. The fourth-order valence-corrected chi connectivity index (χ4v) is 1.63. The summed E-state index contributed by atoms with van der Waals surface area (Å²) in [4.78, 5) is 11.9. The highest BCUT2D eigenvalue weighted by molar-refractivity contribution is 5.85. The van der Waals surface area contributed by atoms with E-state index in [1.807, 2.05) is 26.0 Å². The monoisotopic (exact) mass is 245 g/mol. The number of hydrogen-bond acceptors (Lipinski definition) is 3. The van der Waals surface area contributed by atoms with Gasteiger partial charge in [0.05, 0.1) is 17.2 Å². The number of hydrogen-bond donors (Lipinski definition) is 2. The first-order chi connectivity index (χ1) is 8.55. The number of amides is 1. The van der Waals surface area contributed by atoms with E-state index in [4.69, 9.17) is 11.0 Å². The second kappa shape index (κ2) is 6.18. The Morgan fingerprint density at radius 3 is 2.33 bits per heavy atom. The lowest BCUT2D eigenvalue weighted by molar-refractivity contribution is -0.126. The molecule has 0 saturated heterocycles. The van der Waals surface area contributed by atoms with Crippen molar-refractivity contribution in [1.82, 2.24) is 5.32 Å². The molecule has 0 aromatic heterocycles. The summed E-state index contributed by atoms with van der Waals surface area (Å²) in [6, 6.07) is 9.18. The SMILES string of the molecule is CCC(N)(CC)C(=O)NCc1ccc(C#N)cc1. The predicted molar refractivity (Wildman–Crippen MR) is 70.5 cm³/mol. The number of nitrogens with zero attached hydrogens (tertiary/aromatic N) is 1. The molecule has 0 spiro atoms. The van der Waals surface area contributed by atoms with Gasteiger partial charge in [0, 0.05) is 6.54 Å². The highest BCUT2D eigenvalue weighted by Crippen LogP contribution is 2.11. The average Bonchev–Trinajstić information content (AvgIpc) is 2.44. The van der Waals surface area contributed by atoms with Crippen LogP contribution in [0.3, 0.4) is 0 Å². The lowest BCUT2D eigenvalue weighted by Crippen LogP contribution is -2.52. The van der Waals surface area contributed by atoms with Crippen molar-refractivity contribution in [2.24, 2.45) is 5.73 Å². The minimum atomic E-state index is -0.785. The molecule has 1 aromatic carbocycles. The summed E-state index contributed by atoms with van der Waals surface area (Å²) in [7, 11) is 0. The summed E-state index contributed by atoms with van der Waals surface area (Å²) >= 11 is 0. The molecule has 4 nitrogen and oxygen atoms in total. The van der Waals surface area contributed by atoms with Gasteiger partial charge in [-0.25, -0.2) is 0 Å². The van der Waals surface area contributed by atoms with Crippen molar-refractivity contribution in [3.8, 4) is 6.07 Å². The van der Waals surface area contributed by atoms with Gasteiger partial charge in [-0.15, -0.1) is 0 Å². The van der Waals surface area contributed by atoms with E-state index in [2.05, 4.69) is 11.4 Å². The van der Waals surface area contributed by atoms with E-state index < -0.39 is 5.54 Å². The zero-order chi connectivity index (χ0) is 13.6. The molecule has 0 fully saturated rings. The smallest absolute Gasteiger partial charge is 0.240 e. The largest absolute Gasteiger partial charge is 0.350 e.